The van der Waals surface area contributed by atoms with Gasteiger partial charge in [0.25, 0.3) is 0 Å². The summed E-state index contributed by atoms with van der Waals surface area (Å²) in [4.78, 5) is 25.1. The number of esters is 1. The molecule has 0 aliphatic rings. The van der Waals surface area contributed by atoms with E-state index in [-0.39, 0.29) is 24.3 Å². The molecule has 0 amide bonds. The SMILES string of the molecule is Cc1ccc(Nc2nc(N)nc(COC(=O)c3ccc([S@@](C)=O)cc3)n2)cc1. The number of aromatic nitrogens is 3. The van der Waals surface area contributed by atoms with Crippen molar-refractivity contribution in [2.45, 2.75) is 18.4 Å². The van der Waals surface area contributed by atoms with Crippen molar-refractivity contribution in [3.05, 3.63) is 65.5 Å². The van der Waals surface area contributed by atoms with Crippen LogP contribution >= 0.6 is 0 Å². The Labute approximate surface area is 164 Å². The number of anilines is 3. The summed E-state index contributed by atoms with van der Waals surface area (Å²) in [7, 11) is -1.11. The summed E-state index contributed by atoms with van der Waals surface area (Å²) in [5.41, 5.74) is 8.00. The van der Waals surface area contributed by atoms with Gasteiger partial charge in [0.2, 0.25) is 11.9 Å². The molecule has 0 saturated carbocycles. The molecule has 0 radical (unpaired) electrons. The number of carbonyl (C=O) groups excluding carboxylic acids is 1. The molecule has 8 nitrogen and oxygen atoms in total. The first-order valence-electron chi connectivity index (χ1n) is 8.35. The van der Waals surface area contributed by atoms with E-state index in [0.717, 1.165) is 11.3 Å². The number of nitrogens with one attached hydrogen (secondary N) is 1. The Morgan fingerprint density at radius 3 is 2.39 bits per heavy atom. The number of nitrogens with zero attached hydrogens (tertiary/aromatic N) is 3. The van der Waals surface area contributed by atoms with Crippen molar-refractivity contribution in [3.63, 3.8) is 0 Å². The Bertz CT molecular complexity index is 1010. The van der Waals surface area contributed by atoms with Gasteiger partial charge in [-0.15, -0.1) is 0 Å². The molecule has 1 aromatic heterocycles. The average Bonchev–Trinajstić information content (AvgIpc) is 2.67. The van der Waals surface area contributed by atoms with Crippen molar-refractivity contribution in [3.8, 4) is 0 Å². The maximum atomic E-state index is 12.2. The summed E-state index contributed by atoms with van der Waals surface area (Å²) in [6.45, 7) is 1.84. The van der Waals surface area contributed by atoms with Gasteiger partial charge in [0, 0.05) is 27.6 Å². The van der Waals surface area contributed by atoms with E-state index in [1.54, 1.807) is 30.5 Å². The van der Waals surface area contributed by atoms with Crippen LogP contribution in [0.3, 0.4) is 0 Å². The van der Waals surface area contributed by atoms with Crippen molar-refractivity contribution in [2.24, 2.45) is 0 Å². The molecule has 0 saturated heterocycles. The van der Waals surface area contributed by atoms with Crippen molar-refractivity contribution in [1.82, 2.24) is 15.0 Å². The van der Waals surface area contributed by atoms with Gasteiger partial charge in [-0.25, -0.2) is 4.79 Å². The number of hydrogen-bond acceptors (Lipinski definition) is 8. The first-order chi connectivity index (χ1) is 13.4. The summed E-state index contributed by atoms with van der Waals surface area (Å²) in [5.74, 6) is -0.0372. The van der Waals surface area contributed by atoms with Crippen molar-refractivity contribution < 1.29 is 13.7 Å². The Morgan fingerprint density at radius 1 is 1.07 bits per heavy atom. The molecule has 1 atom stereocenters. The highest BCUT2D eigenvalue weighted by molar-refractivity contribution is 7.84. The average molecular weight is 397 g/mol. The fourth-order valence-electron chi connectivity index (χ4n) is 2.32. The number of nitrogen functional groups attached to an aromatic ring is 1. The smallest absolute Gasteiger partial charge is 0.338 e. The number of ether oxygens (including phenoxy) is 1. The highest BCUT2D eigenvalue weighted by atomic mass is 32.2. The molecule has 0 unspecified atom stereocenters. The van der Waals surface area contributed by atoms with Crippen LogP contribution in [-0.2, 0) is 22.1 Å². The van der Waals surface area contributed by atoms with Gasteiger partial charge >= 0.3 is 5.97 Å². The molecule has 28 heavy (non-hydrogen) atoms. The van der Waals surface area contributed by atoms with Gasteiger partial charge in [-0.1, -0.05) is 17.7 Å². The van der Waals surface area contributed by atoms with Crippen LogP contribution in [0.4, 0.5) is 17.6 Å². The molecule has 0 fully saturated rings. The third kappa shape index (κ3) is 5.10. The molecule has 0 spiro atoms. The first kappa shape index (κ1) is 19.4. The van der Waals surface area contributed by atoms with Crippen LogP contribution in [0.1, 0.15) is 21.7 Å². The van der Waals surface area contributed by atoms with E-state index in [9.17, 15) is 9.00 Å². The van der Waals surface area contributed by atoms with Crippen molar-refractivity contribution >= 4 is 34.4 Å². The molecule has 3 N–H and O–H groups in total. The maximum Gasteiger partial charge on any atom is 0.338 e. The molecular formula is C19H19N5O3S. The topological polar surface area (TPSA) is 120 Å². The molecule has 1 heterocycles. The highest BCUT2D eigenvalue weighted by Crippen LogP contribution is 2.15. The van der Waals surface area contributed by atoms with Gasteiger partial charge in [-0.05, 0) is 43.3 Å². The molecule has 144 valence electrons. The number of rotatable bonds is 6. The van der Waals surface area contributed by atoms with Crippen molar-refractivity contribution in [2.75, 3.05) is 17.3 Å². The van der Waals surface area contributed by atoms with E-state index in [1.807, 2.05) is 31.2 Å². The van der Waals surface area contributed by atoms with E-state index in [2.05, 4.69) is 20.3 Å². The molecule has 0 bridgehead atoms. The minimum Gasteiger partial charge on any atom is -0.454 e. The minimum atomic E-state index is -1.11. The lowest BCUT2D eigenvalue weighted by atomic mass is 10.2. The summed E-state index contributed by atoms with van der Waals surface area (Å²) in [6, 6.07) is 14.1. The highest BCUT2D eigenvalue weighted by Gasteiger charge is 2.11. The fraction of sp³-hybridized carbons (Fsp3) is 0.158. The normalized spacial score (nSPS) is 11.6. The standard InChI is InChI=1S/C19H19N5O3S/c1-12-3-7-14(8-4-12)21-19-23-16(22-18(20)24-19)11-27-17(25)13-5-9-15(10-6-13)28(2)26/h3-10H,11H2,1-2H3,(H3,20,21,22,23,24)/t28-/m1/s1. The first-order valence-corrected chi connectivity index (χ1v) is 9.91. The van der Waals surface area contributed by atoms with Gasteiger partial charge in [-0.2, -0.15) is 15.0 Å². The van der Waals surface area contributed by atoms with Gasteiger partial charge < -0.3 is 15.8 Å². The number of hydrogen-bond donors (Lipinski definition) is 2. The lowest BCUT2D eigenvalue weighted by Crippen LogP contribution is -2.11. The maximum absolute atomic E-state index is 12.2. The van der Waals surface area contributed by atoms with Gasteiger partial charge in [0.05, 0.1) is 5.56 Å². The lowest BCUT2D eigenvalue weighted by Gasteiger charge is -2.08. The van der Waals surface area contributed by atoms with Crippen LogP contribution in [0.2, 0.25) is 0 Å². The van der Waals surface area contributed by atoms with Gasteiger partial charge in [0.15, 0.2) is 12.4 Å². The Morgan fingerprint density at radius 2 is 1.75 bits per heavy atom. The summed E-state index contributed by atoms with van der Waals surface area (Å²) < 4.78 is 16.6. The second-order valence-corrected chi connectivity index (χ2v) is 7.36. The van der Waals surface area contributed by atoms with E-state index >= 15 is 0 Å². The monoisotopic (exact) mass is 397 g/mol. The fourth-order valence-corrected chi connectivity index (χ4v) is 2.84. The Kier molecular flexibility index (Phi) is 5.95. The van der Waals surface area contributed by atoms with Crippen LogP contribution in [0.15, 0.2) is 53.4 Å². The van der Waals surface area contributed by atoms with Crippen LogP contribution in [0.5, 0.6) is 0 Å². The molecule has 0 aliphatic heterocycles. The van der Waals surface area contributed by atoms with Crippen LogP contribution in [0, 0.1) is 6.92 Å². The second-order valence-electron chi connectivity index (χ2n) is 5.98. The zero-order valence-corrected chi connectivity index (χ0v) is 16.2. The predicted molar refractivity (Wildman–Crippen MR) is 107 cm³/mol. The van der Waals surface area contributed by atoms with Gasteiger partial charge in [0.1, 0.15) is 0 Å². The summed E-state index contributed by atoms with van der Waals surface area (Å²) in [5, 5.41) is 3.04. The molecule has 9 heteroatoms. The van der Waals surface area contributed by atoms with Crippen LogP contribution in [0.25, 0.3) is 0 Å². The third-order valence-electron chi connectivity index (χ3n) is 3.76. The molecule has 3 rings (SSSR count). The zero-order chi connectivity index (χ0) is 20.1. The summed E-state index contributed by atoms with van der Waals surface area (Å²) >= 11 is 0. The third-order valence-corrected chi connectivity index (χ3v) is 4.70. The van der Waals surface area contributed by atoms with E-state index in [4.69, 9.17) is 10.5 Å². The largest absolute Gasteiger partial charge is 0.454 e. The zero-order valence-electron chi connectivity index (χ0n) is 15.4. The second kappa shape index (κ2) is 8.57. The number of benzene rings is 2. The number of aryl methyl sites for hydroxylation is 1. The Hall–Kier alpha value is -3.33. The molecule has 2 aromatic carbocycles. The van der Waals surface area contributed by atoms with E-state index in [0.29, 0.717) is 10.5 Å². The van der Waals surface area contributed by atoms with Crippen LogP contribution < -0.4 is 11.1 Å². The lowest BCUT2D eigenvalue weighted by molar-refractivity contribution is 0.0462. The summed E-state index contributed by atoms with van der Waals surface area (Å²) in [6.07, 6.45) is 1.57. The minimum absolute atomic E-state index is 0.0189. The van der Waals surface area contributed by atoms with E-state index in [1.165, 1.54) is 0 Å². The Balaban J connectivity index is 1.66. The molecule has 3 aromatic rings. The molecule has 0 aliphatic carbocycles. The van der Waals surface area contributed by atoms with Crippen molar-refractivity contribution in [1.29, 1.82) is 0 Å². The number of carbonyl (C=O) groups is 1. The van der Waals surface area contributed by atoms with Crippen LogP contribution in [-0.4, -0.2) is 31.4 Å². The van der Waals surface area contributed by atoms with Gasteiger partial charge in [-0.3, -0.25) is 4.21 Å². The quantitative estimate of drug-likeness (QED) is 0.609. The molecular weight excluding hydrogens is 378 g/mol. The number of nitrogens with two attached hydrogens (primary N) is 1. The predicted octanol–water partition coefficient (Wildman–Crippen LogP) is 2.60. The van der Waals surface area contributed by atoms with E-state index < -0.39 is 16.8 Å².